The van der Waals surface area contributed by atoms with Crippen LogP contribution in [0.4, 0.5) is 18.9 Å². The Morgan fingerprint density at radius 1 is 1.39 bits per heavy atom. The van der Waals surface area contributed by atoms with Gasteiger partial charge in [-0.05, 0) is 55.3 Å². The minimum atomic E-state index is -4.77. The lowest BCUT2D eigenvalue weighted by Crippen LogP contribution is -2.47. The standard InChI is InChI=1S/C17H16F3N5O2S/c1-16-10-4-12(15(5-10)23-24-22)14(16)8-25(28(16,26)27)11-3-2-9(7-21)13(6-11)17(18,19)20/h2-3,6,10,12,14-15H,4-5,8H2,1H3/t10-,12-,14-,15+,16+/m0/s1. The van der Waals surface area contributed by atoms with Crippen molar-refractivity contribution in [2.75, 3.05) is 10.8 Å². The van der Waals surface area contributed by atoms with Gasteiger partial charge in [-0.3, -0.25) is 4.31 Å². The summed E-state index contributed by atoms with van der Waals surface area (Å²) in [6.45, 7) is 1.69. The molecule has 1 heterocycles. The van der Waals surface area contributed by atoms with Crippen molar-refractivity contribution in [2.45, 2.75) is 36.7 Å². The summed E-state index contributed by atoms with van der Waals surface area (Å²) in [5.41, 5.74) is 6.94. The Balaban J connectivity index is 1.78. The van der Waals surface area contributed by atoms with Crippen LogP contribution in [0.15, 0.2) is 23.3 Å². The predicted octanol–water partition coefficient (Wildman–Crippen LogP) is 3.82. The van der Waals surface area contributed by atoms with Gasteiger partial charge in [0.15, 0.2) is 0 Å². The first-order chi connectivity index (χ1) is 13.1. The molecule has 0 radical (unpaired) electrons. The van der Waals surface area contributed by atoms with Crippen LogP contribution in [0.2, 0.25) is 0 Å². The number of halogens is 3. The van der Waals surface area contributed by atoms with Gasteiger partial charge in [0.1, 0.15) is 0 Å². The Bertz CT molecular complexity index is 1040. The molecule has 11 heteroatoms. The van der Waals surface area contributed by atoms with Crippen molar-refractivity contribution in [3.05, 3.63) is 39.8 Å². The predicted molar refractivity (Wildman–Crippen MR) is 93.5 cm³/mol. The molecule has 2 aliphatic carbocycles. The van der Waals surface area contributed by atoms with Crippen molar-refractivity contribution in [2.24, 2.45) is 22.9 Å². The molecule has 0 spiro atoms. The molecule has 5 atom stereocenters. The van der Waals surface area contributed by atoms with E-state index in [1.54, 1.807) is 6.92 Å². The monoisotopic (exact) mass is 411 g/mol. The number of sulfonamides is 1. The number of hydrogen-bond donors (Lipinski definition) is 0. The topological polar surface area (TPSA) is 110 Å². The summed E-state index contributed by atoms with van der Waals surface area (Å²) in [6.07, 6.45) is -3.66. The maximum Gasteiger partial charge on any atom is 0.417 e. The summed E-state index contributed by atoms with van der Waals surface area (Å²) in [7, 11) is -3.92. The van der Waals surface area contributed by atoms with Crippen LogP contribution >= 0.6 is 0 Å². The molecular formula is C17H16F3N5O2S. The van der Waals surface area contributed by atoms with Crippen LogP contribution in [-0.4, -0.2) is 25.8 Å². The van der Waals surface area contributed by atoms with Crippen molar-refractivity contribution in [3.8, 4) is 6.07 Å². The van der Waals surface area contributed by atoms with Gasteiger partial charge >= 0.3 is 6.18 Å². The zero-order valence-electron chi connectivity index (χ0n) is 14.8. The van der Waals surface area contributed by atoms with E-state index >= 15 is 0 Å². The SMILES string of the molecule is C[C@@]12[C@H]3C[C@H]([C@H](N=[N+]=[N-])C3)[C@@H]1CN(c1ccc(C#N)c(C(F)(F)F)c1)S2(=O)=O. The third-order valence-corrected chi connectivity index (χ3v) is 9.45. The Hall–Kier alpha value is -2.44. The fourth-order valence-electron chi connectivity index (χ4n) is 5.37. The van der Waals surface area contributed by atoms with Gasteiger partial charge in [0.05, 0.1) is 27.6 Å². The zero-order chi connectivity index (χ0) is 20.5. The molecule has 0 amide bonds. The fraction of sp³-hybridized carbons (Fsp3) is 0.588. The van der Waals surface area contributed by atoms with Crippen LogP contribution in [0.25, 0.3) is 10.4 Å². The Morgan fingerprint density at radius 3 is 2.71 bits per heavy atom. The van der Waals surface area contributed by atoms with Gasteiger partial charge in [-0.1, -0.05) is 5.11 Å². The molecule has 0 unspecified atom stereocenters. The van der Waals surface area contributed by atoms with Crippen molar-refractivity contribution >= 4 is 15.7 Å². The summed E-state index contributed by atoms with van der Waals surface area (Å²) >= 11 is 0. The molecule has 2 saturated carbocycles. The molecule has 4 rings (SSSR count). The lowest BCUT2D eigenvalue weighted by atomic mass is 9.77. The van der Waals surface area contributed by atoms with E-state index in [4.69, 9.17) is 10.8 Å². The number of fused-ring (bicyclic) bond motifs is 5. The lowest BCUT2D eigenvalue weighted by Gasteiger charge is -2.35. The molecule has 0 aromatic heterocycles. The highest BCUT2D eigenvalue weighted by Crippen LogP contribution is 2.63. The summed E-state index contributed by atoms with van der Waals surface area (Å²) in [5.74, 6) is -0.628. The van der Waals surface area contributed by atoms with Crippen LogP contribution in [0.1, 0.15) is 30.9 Å². The smallest absolute Gasteiger partial charge is 0.269 e. The number of anilines is 1. The summed E-state index contributed by atoms with van der Waals surface area (Å²) in [6, 6.07) is 4.18. The molecule has 1 saturated heterocycles. The molecule has 3 fully saturated rings. The van der Waals surface area contributed by atoms with Crippen LogP contribution in [0.5, 0.6) is 0 Å². The quantitative estimate of drug-likeness (QED) is 0.419. The van der Waals surface area contributed by atoms with Crippen molar-refractivity contribution < 1.29 is 21.6 Å². The van der Waals surface area contributed by atoms with Crippen molar-refractivity contribution in [3.63, 3.8) is 0 Å². The van der Waals surface area contributed by atoms with Gasteiger partial charge in [-0.2, -0.15) is 18.4 Å². The largest absolute Gasteiger partial charge is 0.417 e. The molecule has 1 aromatic carbocycles. The number of alkyl halides is 3. The first-order valence-corrected chi connectivity index (χ1v) is 10.2. The molecule has 1 aromatic rings. The average Bonchev–Trinajstić information content (AvgIpc) is 3.22. The summed E-state index contributed by atoms with van der Waals surface area (Å²) in [5, 5.41) is 12.7. The third-order valence-electron chi connectivity index (χ3n) is 6.77. The minimum Gasteiger partial charge on any atom is -0.269 e. The van der Waals surface area contributed by atoms with Gasteiger partial charge < -0.3 is 0 Å². The van der Waals surface area contributed by atoms with E-state index in [2.05, 4.69) is 10.0 Å². The van der Waals surface area contributed by atoms with Crippen LogP contribution in [0, 0.1) is 29.1 Å². The van der Waals surface area contributed by atoms with E-state index in [1.165, 1.54) is 12.1 Å². The molecule has 0 N–H and O–H groups in total. The van der Waals surface area contributed by atoms with E-state index in [0.717, 1.165) is 16.4 Å². The number of azide groups is 1. The van der Waals surface area contributed by atoms with Gasteiger partial charge in [-0.15, -0.1) is 0 Å². The molecule has 1 aliphatic heterocycles. The fourth-order valence-corrected chi connectivity index (χ4v) is 7.84. The van der Waals surface area contributed by atoms with E-state index in [9.17, 15) is 21.6 Å². The highest BCUT2D eigenvalue weighted by Gasteiger charge is 2.70. The minimum absolute atomic E-state index is 0.0423. The van der Waals surface area contributed by atoms with E-state index < -0.39 is 32.1 Å². The van der Waals surface area contributed by atoms with E-state index in [-0.39, 0.29) is 36.0 Å². The first kappa shape index (κ1) is 18.9. The zero-order valence-corrected chi connectivity index (χ0v) is 15.6. The Kier molecular flexibility index (Phi) is 3.90. The number of rotatable bonds is 2. The molecule has 148 valence electrons. The summed E-state index contributed by atoms with van der Waals surface area (Å²) in [4.78, 5) is 2.85. The van der Waals surface area contributed by atoms with Crippen LogP contribution in [-0.2, 0) is 16.2 Å². The summed E-state index contributed by atoms with van der Waals surface area (Å²) < 4.78 is 66.5. The Morgan fingerprint density at radius 2 is 2.11 bits per heavy atom. The van der Waals surface area contributed by atoms with Crippen molar-refractivity contribution in [1.29, 1.82) is 5.26 Å². The van der Waals surface area contributed by atoms with Gasteiger partial charge in [0, 0.05) is 23.4 Å². The maximum absolute atomic E-state index is 13.3. The van der Waals surface area contributed by atoms with Gasteiger partial charge in [0.2, 0.25) is 10.0 Å². The number of benzene rings is 1. The van der Waals surface area contributed by atoms with Gasteiger partial charge in [0.25, 0.3) is 0 Å². The Labute approximate surface area is 159 Å². The molecule has 2 bridgehead atoms. The van der Waals surface area contributed by atoms with Crippen LogP contribution < -0.4 is 4.31 Å². The van der Waals surface area contributed by atoms with E-state index in [1.807, 2.05) is 0 Å². The third kappa shape index (κ3) is 2.28. The molecule has 7 nitrogen and oxygen atoms in total. The highest BCUT2D eigenvalue weighted by molar-refractivity contribution is 7.94. The van der Waals surface area contributed by atoms with Gasteiger partial charge in [-0.25, -0.2) is 8.42 Å². The molecule has 3 aliphatic rings. The second-order valence-corrected chi connectivity index (χ2v) is 10.0. The second kappa shape index (κ2) is 5.78. The van der Waals surface area contributed by atoms with E-state index in [0.29, 0.717) is 12.8 Å². The second-order valence-electron chi connectivity index (χ2n) is 7.77. The van der Waals surface area contributed by atoms with Crippen molar-refractivity contribution in [1.82, 2.24) is 0 Å². The first-order valence-electron chi connectivity index (χ1n) is 8.73. The maximum atomic E-state index is 13.3. The lowest BCUT2D eigenvalue weighted by molar-refractivity contribution is -0.137. The normalized spacial score (nSPS) is 35.3. The molecule has 28 heavy (non-hydrogen) atoms. The number of hydrogen-bond acceptors (Lipinski definition) is 4. The highest BCUT2D eigenvalue weighted by atomic mass is 32.2. The number of nitriles is 1. The number of nitrogens with zero attached hydrogens (tertiary/aromatic N) is 5. The average molecular weight is 411 g/mol. The van der Waals surface area contributed by atoms with Crippen LogP contribution in [0.3, 0.4) is 0 Å². The molecular weight excluding hydrogens is 395 g/mol.